The second-order valence-corrected chi connectivity index (χ2v) is 9.34. The summed E-state index contributed by atoms with van der Waals surface area (Å²) < 4.78 is 27.2. The molecule has 0 spiro atoms. The Kier molecular flexibility index (Phi) is 6.75. The molecule has 1 saturated heterocycles. The largest absolute Gasteiger partial charge is 0.325 e. The molecule has 3 rings (SSSR count). The third kappa shape index (κ3) is 4.74. The zero-order chi connectivity index (χ0) is 20.1. The summed E-state index contributed by atoms with van der Waals surface area (Å²) in [5, 5.41) is 3.33. The van der Waals surface area contributed by atoms with Crippen molar-refractivity contribution in [3.63, 3.8) is 0 Å². The van der Waals surface area contributed by atoms with Gasteiger partial charge in [-0.05, 0) is 67.6 Å². The fraction of sp³-hybridized carbons (Fsp3) is 0.381. The number of anilines is 1. The van der Waals surface area contributed by atoms with Gasteiger partial charge in [0.25, 0.3) is 0 Å². The maximum Gasteiger partial charge on any atom is 0.243 e. The van der Waals surface area contributed by atoms with Crippen LogP contribution in [0, 0.1) is 0 Å². The van der Waals surface area contributed by atoms with Gasteiger partial charge in [-0.3, -0.25) is 4.79 Å². The zero-order valence-corrected chi connectivity index (χ0v) is 17.5. The highest BCUT2D eigenvalue weighted by Gasteiger charge is 2.39. The topological polar surface area (TPSA) is 66.5 Å². The maximum atomic E-state index is 13.0. The Labute approximate surface area is 171 Å². The molecule has 0 aromatic heterocycles. The minimum Gasteiger partial charge on any atom is -0.325 e. The van der Waals surface area contributed by atoms with Gasteiger partial charge >= 0.3 is 0 Å². The number of unbranched alkanes of at least 4 members (excludes halogenated alkanes) is 1. The summed E-state index contributed by atoms with van der Waals surface area (Å²) in [6.45, 7) is 2.49. The summed E-state index contributed by atoms with van der Waals surface area (Å²) in [6, 6.07) is 13.1. The average molecular weight is 421 g/mol. The number of aryl methyl sites for hydroxylation is 1. The van der Waals surface area contributed by atoms with Crippen LogP contribution in [0.3, 0.4) is 0 Å². The van der Waals surface area contributed by atoms with Crippen molar-refractivity contribution in [3.8, 4) is 0 Å². The first-order valence-corrected chi connectivity index (χ1v) is 11.4. The summed E-state index contributed by atoms with van der Waals surface area (Å²) in [4.78, 5) is 12.9. The fourth-order valence-corrected chi connectivity index (χ4v) is 5.18. The van der Waals surface area contributed by atoms with Gasteiger partial charge in [0, 0.05) is 17.3 Å². The van der Waals surface area contributed by atoms with Crippen molar-refractivity contribution in [2.75, 3.05) is 11.9 Å². The molecule has 1 aliphatic rings. The van der Waals surface area contributed by atoms with E-state index >= 15 is 0 Å². The third-order valence-electron chi connectivity index (χ3n) is 4.97. The zero-order valence-electron chi connectivity index (χ0n) is 15.9. The summed E-state index contributed by atoms with van der Waals surface area (Å²) in [6.07, 6.45) is 4.44. The SMILES string of the molecule is CCCCc1ccc(NC(=O)C2CCCN2S(=O)(=O)c2ccc(Cl)cc2)cc1. The van der Waals surface area contributed by atoms with Crippen LogP contribution in [0.15, 0.2) is 53.4 Å². The summed E-state index contributed by atoms with van der Waals surface area (Å²) in [7, 11) is -3.75. The first-order valence-electron chi connectivity index (χ1n) is 9.59. The third-order valence-corrected chi connectivity index (χ3v) is 7.14. The van der Waals surface area contributed by atoms with E-state index in [4.69, 9.17) is 11.6 Å². The normalized spacial score (nSPS) is 17.6. The van der Waals surface area contributed by atoms with Crippen LogP contribution in [-0.2, 0) is 21.2 Å². The van der Waals surface area contributed by atoms with E-state index in [0.717, 1.165) is 19.3 Å². The second-order valence-electron chi connectivity index (χ2n) is 7.02. The number of sulfonamides is 1. The fourth-order valence-electron chi connectivity index (χ4n) is 3.39. The van der Waals surface area contributed by atoms with Gasteiger partial charge in [0.2, 0.25) is 15.9 Å². The van der Waals surface area contributed by atoms with Crippen molar-refractivity contribution in [1.82, 2.24) is 4.31 Å². The maximum absolute atomic E-state index is 13.0. The molecule has 1 fully saturated rings. The molecule has 1 atom stereocenters. The molecule has 1 amide bonds. The highest BCUT2D eigenvalue weighted by molar-refractivity contribution is 7.89. The lowest BCUT2D eigenvalue weighted by molar-refractivity contribution is -0.119. The summed E-state index contributed by atoms with van der Waals surface area (Å²) in [5.74, 6) is -0.295. The van der Waals surface area contributed by atoms with Gasteiger partial charge in [0.1, 0.15) is 6.04 Å². The van der Waals surface area contributed by atoms with Crippen LogP contribution in [0.1, 0.15) is 38.2 Å². The van der Waals surface area contributed by atoms with Gasteiger partial charge in [-0.15, -0.1) is 0 Å². The number of nitrogens with zero attached hydrogens (tertiary/aromatic N) is 1. The first kappa shape index (κ1) is 20.8. The quantitative estimate of drug-likeness (QED) is 0.718. The van der Waals surface area contributed by atoms with E-state index in [1.54, 1.807) is 12.1 Å². The van der Waals surface area contributed by atoms with Gasteiger partial charge in [-0.1, -0.05) is 37.1 Å². The molecule has 150 valence electrons. The lowest BCUT2D eigenvalue weighted by Crippen LogP contribution is -2.43. The van der Waals surface area contributed by atoms with Crippen molar-refractivity contribution in [2.45, 2.75) is 50.0 Å². The Morgan fingerprint density at radius 3 is 2.46 bits per heavy atom. The molecule has 2 aromatic carbocycles. The monoisotopic (exact) mass is 420 g/mol. The number of benzene rings is 2. The molecule has 1 N–H and O–H groups in total. The molecule has 0 saturated carbocycles. The van der Waals surface area contributed by atoms with Crippen LogP contribution in [0.4, 0.5) is 5.69 Å². The van der Waals surface area contributed by atoms with Gasteiger partial charge in [-0.25, -0.2) is 8.42 Å². The molecule has 1 heterocycles. The number of hydrogen-bond acceptors (Lipinski definition) is 3. The Bertz CT molecular complexity index is 912. The number of rotatable bonds is 7. The molecular formula is C21H25ClN2O3S. The van der Waals surface area contributed by atoms with Crippen molar-refractivity contribution in [3.05, 3.63) is 59.1 Å². The first-order chi connectivity index (χ1) is 13.4. The average Bonchev–Trinajstić information content (AvgIpc) is 3.19. The van der Waals surface area contributed by atoms with Crippen molar-refractivity contribution in [1.29, 1.82) is 0 Å². The lowest BCUT2D eigenvalue weighted by atomic mass is 10.1. The summed E-state index contributed by atoms with van der Waals surface area (Å²) >= 11 is 5.86. The molecule has 0 radical (unpaired) electrons. The Morgan fingerprint density at radius 1 is 1.14 bits per heavy atom. The molecule has 28 heavy (non-hydrogen) atoms. The minimum absolute atomic E-state index is 0.150. The van der Waals surface area contributed by atoms with E-state index in [1.807, 2.05) is 24.3 Å². The second kappa shape index (κ2) is 9.07. The number of nitrogens with one attached hydrogen (secondary N) is 1. The summed E-state index contributed by atoms with van der Waals surface area (Å²) in [5.41, 5.74) is 1.91. The molecule has 1 aliphatic heterocycles. The van der Waals surface area contributed by atoms with Crippen molar-refractivity contribution < 1.29 is 13.2 Å². The molecular weight excluding hydrogens is 396 g/mol. The van der Waals surface area contributed by atoms with Crippen LogP contribution in [0.25, 0.3) is 0 Å². The molecule has 2 aromatic rings. The highest BCUT2D eigenvalue weighted by atomic mass is 35.5. The van der Waals surface area contributed by atoms with Crippen molar-refractivity contribution in [2.24, 2.45) is 0 Å². The van der Waals surface area contributed by atoms with Gasteiger partial charge in [0.15, 0.2) is 0 Å². The van der Waals surface area contributed by atoms with Crippen LogP contribution in [0.2, 0.25) is 5.02 Å². The predicted molar refractivity (Wildman–Crippen MR) is 112 cm³/mol. The van der Waals surface area contributed by atoms with Crippen molar-refractivity contribution >= 4 is 33.2 Å². The Balaban J connectivity index is 1.71. The number of halogens is 1. The minimum atomic E-state index is -3.75. The molecule has 5 nitrogen and oxygen atoms in total. The van der Waals surface area contributed by atoms with E-state index in [2.05, 4.69) is 12.2 Å². The van der Waals surface area contributed by atoms with Gasteiger partial charge in [0.05, 0.1) is 4.90 Å². The van der Waals surface area contributed by atoms with E-state index in [0.29, 0.717) is 30.1 Å². The van der Waals surface area contributed by atoms with E-state index < -0.39 is 16.1 Å². The van der Waals surface area contributed by atoms with Crippen LogP contribution in [-0.4, -0.2) is 31.2 Å². The van der Waals surface area contributed by atoms with E-state index in [-0.39, 0.29) is 10.8 Å². The number of hydrogen-bond donors (Lipinski definition) is 1. The van der Waals surface area contributed by atoms with Crippen LogP contribution >= 0.6 is 11.6 Å². The molecule has 0 bridgehead atoms. The van der Waals surface area contributed by atoms with Gasteiger partial charge < -0.3 is 5.32 Å². The molecule has 1 unspecified atom stereocenters. The Morgan fingerprint density at radius 2 is 1.82 bits per heavy atom. The van der Waals surface area contributed by atoms with E-state index in [9.17, 15) is 13.2 Å². The predicted octanol–water partition coefficient (Wildman–Crippen LogP) is 4.47. The van der Waals surface area contributed by atoms with Crippen LogP contribution in [0.5, 0.6) is 0 Å². The van der Waals surface area contributed by atoms with E-state index in [1.165, 1.54) is 22.0 Å². The Hall–Kier alpha value is -1.89. The number of amides is 1. The standard InChI is InChI=1S/C21H25ClN2O3S/c1-2-3-5-16-7-11-18(12-8-16)23-21(25)20-6-4-15-24(20)28(26,27)19-13-9-17(22)10-14-19/h7-14,20H,2-6,15H2,1H3,(H,23,25). The van der Waals surface area contributed by atoms with Gasteiger partial charge in [-0.2, -0.15) is 4.31 Å². The lowest BCUT2D eigenvalue weighted by Gasteiger charge is -2.23. The highest BCUT2D eigenvalue weighted by Crippen LogP contribution is 2.27. The molecule has 7 heteroatoms. The number of carbonyl (C=O) groups excluding carboxylic acids is 1. The van der Waals surface area contributed by atoms with Crippen LogP contribution < -0.4 is 5.32 Å². The number of carbonyl (C=O) groups is 1. The molecule has 0 aliphatic carbocycles. The smallest absolute Gasteiger partial charge is 0.243 e.